The van der Waals surface area contributed by atoms with Gasteiger partial charge in [0.1, 0.15) is 5.75 Å². The number of ether oxygens (including phenoxy) is 2. The number of hydrogen-bond donors (Lipinski definition) is 1. The first-order valence-corrected chi connectivity index (χ1v) is 4.08. The largest absolute Gasteiger partial charge is 0.496 e. The molecule has 1 rings (SSSR count). The van der Waals surface area contributed by atoms with Crippen molar-refractivity contribution in [2.24, 2.45) is 0 Å². The van der Waals surface area contributed by atoms with Gasteiger partial charge in [-0.1, -0.05) is 12.1 Å². The van der Waals surface area contributed by atoms with Crippen molar-refractivity contribution in [1.82, 2.24) is 0 Å². The Labute approximate surface area is 77.9 Å². The molecule has 0 aromatic heterocycles. The van der Waals surface area contributed by atoms with Crippen LogP contribution in [0.1, 0.15) is 11.1 Å². The van der Waals surface area contributed by atoms with E-state index >= 15 is 0 Å². The van der Waals surface area contributed by atoms with Gasteiger partial charge in [-0.05, 0) is 11.6 Å². The lowest BCUT2D eigenvalue weighted by atomic mass is 10.1. The fourth-order valence-electron chi connectivity index (χ4n) is 1.26. The highest BCUT2D eigenvalue weighted by Gasteiger charge is 2.06. The molecular formula is C10H14O3. The summed E-state index contributed by atoms with van der Waals surface area (Å²) in [5, 5.41) is 9.05. The highest BCUT2D eigenvalue weighted by atomic mass is 16.5. The molecule has 0 aliphatic carbocycles. The zero-order valence-electron chi connectivity index (χ0n) is 7.91. The Bertz CT molecular complexity index is 249. The quantitative estimate of drug-likeness (QED) is 0.763. The van der Waals surface area contributed by atoms with Crippen LogP contribution in [-0.4, -0.2) is 19.3 Å². The van der Waals surface area contributed by atoms with Crippen LogP contribution < -0.4 is 4.74 Å². The summed E-state index contributed by atoms with van der Waals surface area (Å²) in [7, 11) is 3.23. The smallest absolute Gasteiger partial charge is 0.124 e. The Hall–Kier alpha value is -1.06. The average molecular weight is 182 g/mol. The van der Waals surface area contributed by atoms with Crippen molar-refractivity contribution in [2.45, 2.75) is 13.2 Å². The average Bonchev–Trinajstić information content (AvgIpc) is 2.18. The highest BCUT2D eigenvalue weighted by molar-refractivity contribution is 5.39. The SMILES string of the molecule is COCc1c(CO)cccc1OC. The van der Waals surface area contributed by atoms with Gasteiger partial charge in [0.2, 0.25) is 0 Å². The minimum absolute atomic E-state index is 0.00981. The lowest BCUT2D eigenvalue weighted by Gasteiger charge is -2.11. The molecule has 3 heteroatoms. The van der Waals surface area contributed by atoms with Gasteiger partial charge in [-0.25, -0.2) is 0 Å². The van der Waals surface area contributed by atoms with Crippen molar-refractivity contribution in [3.63, 3.8) is 0 Å². The molecule has 1 aromatic rings. The molecule has 0 bridgehead atoms. The number of aliphatic hydroxyl groups excluding tert-OH is 1. The van der Waals surface area contributed by atoms with E-state index in [1.807, 2.05) is 18.2 Å². The van der Waals surface area contributed by atoms with Gasteiger partial charge in [0.15, 0.2) is 0 Å². The number of hydrogen-bond acceptors (Lipinski definition) is 3. The zero-order chi connectivity index (χ0) is 9.68. The van der Waals surface area contributed by atoms with E-state index in [0.29, 0.717) is 6.61 Å². The van der Waals surface area contributed by atoms with E-state index in [0.717, 1.165) is 16.9 Å². The molecule has 0 aliphatic heterocycles. The van der Waals surface area contributed by atoms with Gasteiger partial charge in [0.05, 0.1) is 20.3 Å². The molecule has 0 aliphatic rings. The van der Waals surface area contributed by atoms with E-state index in [1.54, 1.807) is 14.2 Å². The van der Waals surface area contributed by atoms with Crippen LogP contribution in [0, 0.1) is 0 Å². The Morgan fingerprint density at radius 3 is 2.62 bits per heavy atom. The Balaban J connectivity index is 3.05. The molecule has 0 radical (unpaired) electrons. The highest BCUT2D eigenvalue weighted by Crippen LogP contribution is 2.22. The molecule has 13 heavy (non-hydrogen) atoms. The van der Waals surface area contributed by atoms with E-state index in [9.17, 15) is 0 Å². The van der Waals surface area contributed by atoms with Crippen LogP contribution in [0.5, 0.6) is 5.75 Å². The maximum atomic E-state index is 9.05. The summed E-state index contributed by atoms with van der Waals surface area (Å²) in [4.78, 5) is 0. The lowest BCUT2D eigenvalue weighted by Crippen LogP contribution is -1.99. The van der Waals surface area contributed by atoms with Gasteiger partial charge in [-0.15, -0.1) is 0 Å². The zero-order valence-corrected chi connectivity index (χ0v) is 7.91. The van der Waals surface area contributed by atoms with Gasteiger partial charge in [0, 0.05) is 12.7 Å². The van der Waals surface area contributed by atoms with Crippen molar-refractivity contribution < 1.29 is 14.6 Å². The van der Waals surface area contributed by atoms with E-state index in [4.69, 9.17) is 14.6 Å². The van der Waals surface area contributed by atoms with Crippen LogP contribution in [-0.2, 0) is 18.0 Å². The first kappa shape index (κ1) is 10.0. The molecule has 1 N–H and O–H groups in total. The monoisotopic (exact) mass is 182 g/mol. The fraction of sp³-hybridized carbons (Fsp3) is 0.400. The van der Waals surface area contributed by atoms with E-state index < -0.39 is 0 Å². The predicted octanol–water partition coefficient (Wildman–Crippen LogP) is 1.33. The summed E-state index contributed by atoms with van der Waals surface area (Å²) >= 11 is 0. The second-order valence-corrected chi connectivity index (χ2v) is 2.69. The van der Waals surface area contributed by atoms with Crippen molar-refractivity contribution in [3.05, 3.63) is 29.3 Å². The fourth-order valence-corrected chi connectivity index (χ4v) is 1.26. The summed E-state index contributed by atoms with van der Waals surface area (Å²) in [6.07, 6.45) is 0. The lowest BCUT2D eigenvalue weighted by molar-refractivity contribution is 0.178. The Morgan fingerprint density at radius 1 is 1.31 bits per heavy atom. The summed E-state index contributed by atoms with van der Waals surface area (Å²) in [5.41, 5.74) is 1.76. The van der Waals surface area contributed by atoms with Crippen LogP contribution in [0.4, 0.5) is 0 Å². The van der Waals surface area contributed by atoms with E-state index in [-0.39, 0.29) is 6.61 Å². The standard InChI is InChI=1S/C10H14O3/c1-12-7-9-8(6-11)4-3-5-10(9)13-2/h3-5,11H,6-7H2,1-2H3. The van der Waals surface area contributed by atoms with Crippen molar-refractivity contribution >= 4 is 0 Å². The van der Waals surface area contributed by atoms with E-state index in [1.165, 1.54) is 0 Å². The van der Waals surface area contributed by atoms with Gasteiger partial charge >= 0.3 is 0 Å². The van der Waals surface area contributed by atoms with Crippen LogP contribution in [0.15, 0.2) is 18.2 Å². The Kier molecular flexibility index (Phi) is 3.73. The minimum Gasteiger partial charge on any atom is -0.496 e. The molecular weight excluding hydrogens is 168 g/mol. The molecule has 0 unspecified atom stereocenters. The molecule has 0 fully saturated rings. The molecule has 0 saturated heterocycles. The van der Waals surface area contributed by atoms with Crippen molar-refractivity contribution in [3.8, 4) is 5.75 Å². The summed E-state index contributed by atoms with van der Waals surface area (Å²) < 4.78 is 10.2. The number of rotatable bonds is 4. The maximum absolute atomic E-state index is 9.05. The molecule has 3 nitrogen and oxygen atoms in total. The second-order valence-electron chi connectivity index (χ2n) is 2.69. The third-order valence-corrected chi connectivity index (χ3v) is 1.91. The topological polar surface area (TPSA) is 38.7 Å². The van der Waals surface area contributed by atoms with Gasteiger partial charge in [-0.2, -0.15) is 0 Å². The first-order chi connectivity index (χ1) is 6.33. The number of benzene rings is 1. The normalized spacial score (nSPS) is 10.1. The first-order valence-electron chi connectivity index (χ1n) is 4.08. The van der Waals surface area contributed by atoms with Crippen LogP contribution >= 0.6 is 0 Å². The molecule has 0 spiro atoms. The second kappa shape index (κ2) is 4.84. The molecule has 72 valence electrons. The summed E-state index contributed by atoms with van der Waals surface area (Å²) in [5.74, 6) is 0.758. The van der Waals surface area contributed by atoms with Crippen LogP contribution in [0.3, 0.4) is 0 Å². The van der Waals surface area contributed by atoms with Gasteiger partial charge in [-0.3, -0.25) is 0 Å². The molecule has 0 saturated carbocycles. The van der Waals surface area contributed by atoms with Crippen LogP contribution in [0.25, 0.3) is 0 Å². The van der Waals surface area contributed by atoms with Crippen LogP contribution in [0.2, 0.25) is 0 Å². The third kappa shape index (κ3) is 2.20. The van der Waals surface area contributed by atoms with E-state index in [2.05, 4.69) is 0 Å². The molecule has 0 heterocycles. The molecule has 0 atom stereocenters. The van der Waals surface area contributed by atoms with Gasteiger partial charge < -0.3 is 14.6 Å². The maximum Gasteiger partial charge on any atom is 0.124 e. The minimum atomic E-state index is 0.00981. The summed E-state index contributed by atoms with van der Waals surface area (Å²) in [6, 6.07) is 5.56. The van der Waals surface area contributed by atoms with Gasteiger partial charge in [0.25, 0.3) is 0 Å². The Morgan fingerprint density at radius 2 is 2.08 bits per heavy atom. The summed E-state index contributed by atoms with van der Waals surface area (Å²) in [6.45, 7) is 0.468. The molecule has 1 aromatic carbocycles. The molecule has 0 amide bonds. The van der Waals surface area contributed by atoms with Crippen molar-refractivity contribution in [2.75, 3.05) is 14.2 Å². The predicted molar refractivity (Wildman–Crippen MR) is 49.6 cm³/mol. The van der Waals surface area contributed by atoms with Crippen molar-refractivity contribution in [1.29, 1.82) is 0 Å². The third-order valence-electron chi connectivity index (χ3n) is 1.91. The number of methoxy groups -OCH3 is 2. The number of aliphatic hydroxyl groups is 1.